The zero-order valence-electron chi connectivity index (χ0n) is 25.2. The molecule has 1 fully saturated rings. The first-order chi connectivity index (χ1) is 19.2. The van der Waals surface area contributed by atoms with E-state index >= 15 is 0 Å². The van der Waals surface area contributed by atoms with E-state index in [0.717, 1.165) is 28.7 Å². The first-order valence-corrected chi connectivity index (χ1v) is 14.6. The number of halogens is 1. The number of aromatic nitrogens is 2. The highest BCUT2D eigenvalue weighted by atomic mass is 19.1. The standard InChI is InChI=1S/C32H44B2FN3O3/c1-21(8-6-9-22(2)20-27(39)36-25-13-11-24(35)12-14-25)10-15-26-23(3)32(41,18-17-31(26,4)5)16-7-19-38-29(40)28(33)37-30(38)34/h6,8-10,15,20,24-25,40-41H,7,11-14,16-19H2,1-5H3,(H,36,39)/b9-6+,15-10+,21-8+,22-20+. The van der Waals surface area contributed by atoms with E-state index in [0.29, 0.717) is 51.5 Å². The summed E-state index contributed by atoms with van der Waals surface area (Å²) in [5, 5.41) is 24.7. The first kappa shape index (κ1) is 32.7. The van der Waals surface area contributed by atoms with Gasteiger partial charge in [0.1, 0.15) is 14.0 Å². The number of carbonyl (C=O) groups is 1. The SMILES string of the molecule is [B]c1nc([B])n(CCCC2(O)CCC(C)(C)C(/C=C/C(C)=C/C=C/C(C)=C/C(=O)NC3CCC(F)CC3)=C2C)c1O. The van der Waals surface area contributed by atoms with E-state index in [-0.39, 0.29) is 34.6 Å². The molecule has 2 aliphatic carbocycles. The van der Waals surface area contributed by atoms with Crippen molar-refractivity contribution in [2.24, 2.45) is 5.41 Å². The van der Waals surface area contributed by atoms with Crippen LogP contribution in [0.3, 0.4) is 0 Å². The molecule has 3 rings (SSSR count). The molecule has 3 N–H and O–H groups in total. The summed E-state index contributed by atoms with van der Waals surface area (Å²) < 4.78 is 14.8. The van der Waals surface area contributed by atoms with Crippen molar-refractivity contribution in [2.45, 2.75) is 110 Å². The highest BCUT2D eigenvalue weighted by Gasteiger charge is 2.40. The Morgan fingerprint density at radius 3 is 2.46 bits per heavy atom. The maximum Gasteiger partial charge on any atom is 0.244 e. The lowest BCUT2D eigenvalue weighted by atomic mass is 9.66. The van der Waals surface area contributed by atoms with Crippen LogP contribution in [0.2, 0.25) is 0 Å². The number of amides is 1. The van der Waals surface area contributed by atoms with Crippen molar-refractivity contribution in [3.05, 3.63) is 58.7 Å². The second kappa shape index (κ2) is 13.9. The van der Waals surface area contributed by atoms with Gasteiger partial charge < -0.3 is 20.1 Å². The Bertz CT molecular complexity index is 1250. The monoisotopic (exact) mass is 559 g/mol. The van der Waals surface area contributed by atoms with Crippen LogP contribution in [-0.2, 0) is 11.3 Å². The van der Waals surface area contributed by atoms with Crippen LogP contribution in [-0.4, -0.2) is 59.2 Å². The summed E-state index contributed by atoms with van der Waals surface area (Å²) in [6, 6.07) is 0.0533. The lowest BCUT2D eigenvalue weighted by Gasteiger charge is -2.43. The van der Waals surface area contributed by atoms with Crippen LogP contribution in [0.1, 0.15) is 86.0 Å². The number of hydrogen-bond acceptors (Lipinski definition) is 4. The maximum absolute atomic E-state index is 13.3. The van der Waals surface area contributed by atoms with Gasteiger partial charge in [-0.3, -0.25) is 9.78 Å². The molecule has 218 valence electrons. The van der Waals surface area contributed by atoms with E-state index in [9.17, 15) is 19.4 Å². The molecule has 6 nitrogen and oxygen atoms in total. The molecule has 4 radical (unpaired) electrons. The lowest BCUT2D eigenvalue weighted by molar-refractivity contribution is -0.117. The number of imidazole rings is 1. The number of hydrogen-bond donors (Lipinski definition) is 3. The average molecular weight is 559 g/mol. The molecule has 1 saturated carbocycles. The van der Waals surface area contributed by atoms with Crippen LogP contribution < -0.4 is 16.6 Å². The third-order valence-corrected chi connectivity index (χ3v) is 8.56. The number of carbonyl (C=O) groups excluding carboxylic acids is 1. The molecule has 0 aromatic carbocycles. The van der Waals surface area contributed by atoms with Crippen LogP contribution in [0.15, 0.2) is 58.7 Å². The quantitative estimate of drug-likeness (QED) is 0.228. The summed E-state index contributed by atoms with van der Waals surface area (Å²) in [4.78, 5) is 16.2. The van der Waals surface area contributed by atoms with Crippen LogP contribution in [0.25, 0.3) is 0 Å². The van der Waals surface area contributed by atoms with E-state index in [1.807, 2.05) is 39.0 Å². The molecule has 1 aromatic rings. The number of allylic oxidation sites excluding steroid dienone is 8. The number of alkyl halides is 1. The molecule has 1 unspecified atom stereocenters. The molecule has 2 aliphatic rings. The van der Waals surface area contributed by atoms with Crippen molar-refractivity contribution in [3.8, 4) is 5.88 Å². The molecule has 0 saturated heterocycles. The smallest absolute Gasteiger partial charge is 0.244 e. The zero-order chi connectivity index (χ0) is 30.4. The lowest BCUT2D eigenvalue weighted by Crippen LogP contribution is -2.39. The predicted molar refractivity (Wildman–Crippen MR) is 166 cm³/mol. The Morgan fingerprint density at radius 1 is 1.15 bits per heavy atom. The fraction of sp³-hybridized carbons (Fsp3) is 0.562. The highest BCUT2D eigenvalue weighted by Crippen LogP contribution is 2.47. The number of aromatic hydroxyl groups is 1. The van der Waals surface area contributed by atoms with E-state index < -0.39 is 11.8 Å². The van der Waals surface area contributed by atoms with Gasteiger partial charge in [0.2, 0.25) is 11.8 Å². The Morgan fingerprint density at radius 2 is 1.83 bits per heavy atom. The summed E-state index contributed by atoms with van der Waals surface area (Å²) in [5.41, 5.74) is 3.09. The molecular formula is C32H44B2FN3O3. The zero-order valence-corrected chi connectivity index (χ0v) is 25.2. The fourth-order valence-corrected chi connectivity index (χ4v) is 5.81. The molecule has 0 bridgehead atoms. The Hall–Kier alpha value is -2.80. The third kappa shape index (κ3) is 8.84. The number of aliphatic hydroxyl groups is 1. The molecule has 1 heterocycles. The highest BCUT2D eigenvalue weighted by molar-refractivity contribution is 6.36. The molecular weight excluding hydrogens is 515 g/mol. The Labute approximate surface area is 247 Å². The van der Waals surface area contributed by atoms with Crippen molar-refractivity contribution < 1.29 is 19.4 Å². The normalized spacial score (nSPS) is 25.8. The summed E-state index contributed by atoms with van der Waals surface area (Å²) in [6.45, 7) is 10.7. The fourth-order valence-electron chi connectivity index (χ4n) is 5.81. The molecule has 0 spiro atoms. The van der Waals surface area contributed by atoms with E-state index in [1.54, 1.807) is 6.08 Å². The van der Waals surface area contributed by atoms with Gasteiger partial charge in [-0.1, -0.05) is 49.8 Å². The summed E-state index contributed by atoms with van der Waals surface area (Å²) in [7, 11) is 11.5. The third-order valence-electron chi connectivity index (χ3n) is 8.56. The number of rotatable bonds is 10. The van der Waals surface area contributed by atoms with Crippen LogP contribution in [0.4, 0.5) is 4.39 Å². The summed E-state index contributed by atoms with van der Waals surface area (Å²) >= 11 is 0. The second-order valence-electron chi connectivity index (χ2n) is 12.3. The van der Waals surface area contributed by atoms with Gasteiger partial charge in [-0.15, -0.1) is 0 Å². The van der Waals surface area contributed by atoms with Crippen molar-refractivity contribution in [1.82, 2.24) is 14.9 Å². The van der Waals surface area contributed by atoms with E-state index in [2.05, 4.69) is 36.3 Å². The molecule has 9 heteroatoms. The minimum absolute atomic E-state index is 0.00667. The second-order valence-corrected chi connectivity index (χ2v) is 12.3. The van der Waals surface area contributed by atoms with Crippen molar-refractivity contribution in [1.29, 1.82) is 0 Å². The molecule has 41 heavy (non-hydrogen) atoms. The van der Waals surface area contributed by atoms with E-state index in [1.165, 1.54) is 4.57 Å². The first-order valence-electron chi connectivity index (χ1n) is 14.6. The molecule has 1 atom stereocenters. The summed E-state index contributed by atoms with van der Waals surface area (Å²) in [5.74, 6) is -0.281. The topological polar surface area (TPSA) is 87.4 Å². The minimum Gasteiger partial charge on any atom is -0.494 e. The van der Waals surface area contributed by atoms with Gasteiger partial charge >= 0.3 is 0 Å². The van der Waals surface area contributed by atoms with Gasteiger partial charge in [0.25, 0.3) is 0 Å². The van der Waals surface area contributed by atoms with Crippen LogP contribution in [0.5, 0.6) is 5.88 Å². The van der Waals surface area contributed by atoms with Gasteiger partial charge in [0, 0.05) is 24.3 Å². The number of nitrogens with one attached hydrogen (secondary N) is 1. The van der Waals surface area contributed by atoms with Gasteiger partial charge in [-0.2, -0.15) is 0 Å². The largest absolute Gasteiger partial charge is 0.494 e. The molecule has 1 amide bonds. The minimum atomic E-state index is -0.948. The van der Waals surface area contributed by atoms with Crippen molar-refractivity contribution >= 4 is 32.9 Å². The predicted octanol–water partition coefficient (Wildman–Crippen LogP) is 4.23. The van der Waals surface area contributed by atoms with Crippen molar-refractivity contribution in [3.63, 3.8) is 0 Å². The van der Waals surface area contributed by atoms with Crippen LogP contribution >= 0.6 is 0 Å². The van der Waals surface area contributed by atoms with Crippen molar-refractivity contribution in [2.75, 3.05) is 0 Å². The molecule has 0 aliphatic heterocycles. The maximum atomic E-state index is 13.3. The van der Waals surface area contributed by atoms with Gasteiger partial charge in [0.05, 0.1) is 11.3 Å². The van der Waals surface area contributed by atoms with Gasteiger partial charge in [-0.25, -0.2) is 4.39 Å². The number of nitrogens with zero attached hydrogens (tertiary/aromatic N) is 2. The van der Waals surface area contributed by atoms with Gasteiger partial charge in [-0.05, 0) is 94.3 Å². The average Bonchev–Trinajstić information content (AvgIpc) is 3.13. The summed E-state index contributed by atoms with van der Waals surface area (Å²) in [6.07, 6.45) is 15.8. The Balaban J connectivity index is 1.62. The van der Waals surface area contributed by atoms with E-state index in [4.69, 9.17) is 15.7 Å². The Kier molecular flexibility index (Phi) is 11.1. The van der Waals surface area contributed by atoms with Gasteiger partial charge in [0.15, 0.2) is 7.85 Å². The molecule has 1 aromatic heterocycles. The van der Waals surface area contributed by atoms with Crippen LogP contribution in [0, 0.1) is 5.41 Å².